The van der Waals surface area contributed by atoms with Gasteiger partial charge in [0.05, 0.1) is 24.8 Å². The van der Waals surface area contributed by atoms with Crippen molar-refractivity contribution in [3.05, 3.63) is 5.89 Å². The largest absolute Gasteiger partial charge is 0.406 e. The predicted molar refractivity (Wildman–Crippen MR) is 77.8 cm³/mol. The zero-order valence-electron chi connectivity index (χ0n) is 12.9. The van der Waals surface area contributed by atoms with E-state index >= 15 is 0 Å². The summed E-state index contributed by atoms with van der Waals surface area (Å²) in [5, 5.41) is 11.8. The number of nitrogens with one attached hydrogen (secondary N) is 1. The molecule has 2 rings (SSSR count). The maximum absolute atomic E-state index is 5.85. The molecule has 0 aromatic carbocycles. The summed E-state index contributed by atoms with van der Waals surface area (Å²) in [5.74, 6) is 0.655. The molecule has 0 spiro atoms. The molecule has 1 N–H and O–H groups in total. The molecule has 3 atom stereocenters. The van der Waals surface area contributed by atoms with Crippen molar-refractivity contribution in [2.45, 2.75) is 58.7 Å². The highest BCUT2D eigenvalue weighted by Gasteiger charge is 2.29. The molecule has 0 aliphatic carbocycles. The number of morpholine rings is 1. The molecule has 1 aliphatic heterocycles. The van der Waals surface area contributed by atoms with Crippen LogP contribution in [0.1, 0.15) is 52.5 Å². The van der Waals surface area contributed by atoms with E-state index in [2.05, 4.69) is 41.2 Å². The van der Waals surface area contributed by atoms with Crippen molar-refractivity contribution in [2.75, 3.05) is 24.6 Å². The minimum atomic E-state index is 0.0924. The van der Waals surface area contributed by atoms with Crippen LogP contribution in [0.15, 0.2) is 4.42 Å². The number of hydrogen-bond acceptors (Lipinski definition) is 6. The lowest BCUT2D eigenvalue weighted by Crippen LogP contribution is -2.48. The van der Waals surface area contributed by atoms with Crippen molar-refractivity contribution < 1.29 is 9.15 Å². The van der Waals surface area contributed by atoms with E-state index in [1.165, 1.54) is 0 Å². The van der Waals surface area contributed by atoms with Gasteiger partial charge in [-0.25, -0.2) is 0 Å². The molecule has 2 heterocycles. The van der Waals surface area contributed by atoms with Crippen molar-refractivity contribution in [3.8, 4) is 0 Å². The Hall–Kier alpha value is -1.14. The lowest BCUT2D eigenvalue weighted by molar-refractivity contribution is 0.0277. The average Bonchev–Trinajstić information content (AvgIpc) is 2.94. The smallest absolute Gasteiger partial charge is 0.318 e. The zero-order valence-corrected chi connectivity index (χ0v) is 12.9. The second-order valence-corrected chi connectivity index (χ2v) is 5.46. The zero-order chi connectivity index (χ0) is 14.5. The van der Waals surface area contributed by atoms with Crippen LogP contribution >= 0.6 is 0 Å². The van der Waals surface area contributed by atoms with Gasteiger partial charge in [0.25, 0.3) is 0 Å². The van der Waals surface area contributed by atoms with Crippen LogP contribution in [-0.4, -0.2) is 42.0 Å². The average molecular weight is 282 g/mol. The molecule has 6 heteroatoms. The lowest BCUT2D eigenvalue weighted by Gasteiger charge is -2.36. The molecule has 1 aromatic heterocycles. The minimum Gasteiger partial charge on any atom is -0.406 e. The first-order valence-electron chi connectivity index (χ1n) is 7.60. The normalized spacial score (nSPS) is 24.9. The molecular weight excluding hydrogens is 256 g/mol. The Balaban J connectivity index is 2.06. The van der Waals surface area contributed by atoms with Gasteiger partial charge >= 0.3 is 6.01 Å². The van der Waals surface area contributed by atoms with Crippen LogP contribution < -0.4 is 10.2 Å². The maximum atomic E-state index is 5.85. The summed E-state index contributed by atoms with van der Waals surface area (Å²) in [6.07, 6.45) is 2.29. The second-order valence-electron chi connectivity index (χ2n) is 5.46. The van der Waals surface area contributed by atoms with Crippen LogP contribution in [0.2, 0.25) is 0 Å². The highest BCUT2D eigenvalue weighted by Crippen LogP contribution is 2.24. The van der Waals surface area contributed by atoms with Gasteiger partial charge in [0.15, 0.2) is 0 Å². The van der Waals surface area contributed by atoms with Gasteiger partial charge in [-0.3, -0.25) is 0 Å². The number of anilines is 1. The Kier molecular flexibility index (Phi) is 5.37. The second kappa shape index (κ2) is 7.04. The van der Waals surface area contributed by atoms with E-state index in [4.69, 9.17) is 9.15 Å². The minimum absolute atomic E-state index is 0.0924. The van der Waals surface area contributed by atoms with Crippen molar-refractivity contribution in [3.63, 3.8) is 0 Å². The number of ether oxygens (including phenoxy) is 1. The van der Waals surface area contributed by atoms with E-state index in [0.717, 1.165) is 32.5 Å². The van der Waals surface area contributed by atoms with Crippen LogP contribution in [0.3, 0.4) is 0 Å². The van der Waals surface area contributed by atoms with E-state index < -0.39 is 0 Å². The molecule has 3 unspecified atom stereocenters. The van der Waals surface area contributed by atoms with Crippen LogP contribution in [0.5, 0.6) is 0 Å². The van der Waals surface area contributed by atoms with E-state index in [1.54, 1.807) is 0 Å². The molecule has 0 saturated carbocycles. The summed E-state index contributed by atoms with van der Waals surface area (Å²) in [4.78, 5) is 2.18. The fourth-order valence-electron chi connectivity index (χ4n) is 2.38. The van der Waals surface area contributed by atoms with Crippen LogP contribution in [0, 0.1) is 0 Å². The Bertz CT molecular complexity index is 410. The maximum Gasteiger partial charge on any atom is 0.318 e. The van der Waals surface area contributed by atoms with Crippen molar-refractivity contribution >= 4 is 6.01 Å². The fourth-order valence-corrected chi connectivity index (χ4v) is 2.38. The summed E-state index contributed by atoms with van der Waals surface area (Å²) < 4.78 is 11.5. The standard InChI is InChI=1S/C14H26N4O2/c1-5-7-15-11(4)13-16-17-14(20-13)18-8-10(3)19-9-12(18)6-2/h10-12,15H,5-9H2,1-4H3. The molecular formula is C14H26N4O2. The highest BCUT2D eigenvalue weighted by atomic mass is 16.5. The van der Waals surface area contributed by atoms with Crippen molar-refractivity contribution in [1.82, 2.24) is 15.5 Å². The number of hydrogen-bond donors (Lipinski definition) is 1. The van der Waals surface area contributed by atoms with Crippen LogP contribution in [-0.2, 0) is 4.74 Å². The highest BCUT2D eigenvalue weighted by molar-refractivity contribution is 5.28. The van der Waals surface area contributed by atoms with E-state index in [9.17, 15) is 0 Å². The van der Waals surface area contributed by atoms with E-state index in [0.29, 0.717) is 17.9 Å². The molecule has 6 nitrogen and oxygen atoms in total. The Morgan fingerprint density at radius 3 is 2.90 bits per heavy atom. The third-order valence-electron chi connectivity index (χ3n) is 3.69. The van der Waals surface area contributed by atoms with Crippen LogP contribution in [0.25, 0.3) is 0 Å². The molecule has 1 aromatic rings. The van der Waals surface area contributed by atoms with E-state index in [-0.39, 0.29) is 12.1 Å². The van der Waals surface area contributed by atoms with Gasteiger partial charge in [-0.05, 0) is 33.2 Å². The van der Waals surface area contributed by atoms with Gasteiger partial charge in [-0.1, -0.05) is 18.9 Å². The third-order valence-corrected chi connectivity index (χ3v) is 3.69. The number of rotatable bonds is 6. The number of nitrogens with zero attached hydrogens (tertiary/aromatic N) is 3. The van der Waals surface area contributed by atoms with Crippen molar-refractivity contribution in [2.24, 2.45) is 0 Å². The quantitative estimate of drug-likeness (QED) is 0.862. The van der Waals surface area contributed by atoms with E-state index in [1.807, 2.05) is 6.92 Å². The third kappa shape index (κ3) is 3.49. The lowest BCUT2D eigenvalue weighted by atomic mass is 10.1. The van der Waals surface area contributed by atoms with Gasteiger partial charge < -0.3 is 19.4 Å². The summed E-state index contributed by atoms with van der Waals surface area (Å²) in [6, 6.07) is 1.03. The first-order valence-corrected chi connectivity index (χ1v) is 7.60. The Morgan fingerprint density at radius 2 is 2.20 bits per heavy atom. The first kappa shape index (κ1) is 15.3. The summed E-state index contributed by atoms with van der Waals surface area (Å²) >= 11 is 0. The number of aromatic nitrogens is 2. The van der Waals surface area contributed by atoms with Gasteiger partial charge in [0.2, 0.25) is 5.89 Å². The fraction of sp³-hybridized carbons (Fsp3) is 0.857. The van der Waals surface area contributed by atoms with Crippen molar-refractivity contribution in [1.29, 1.82) is 0 Å². The SMILES string of the molecule is CCCNC(C)c1nnc(N2CC(C)OCC2CC)o1. The topological polar surface area (TPSA) is 63.4 Å². The summed E-state index contributed by atoms with van der Waals surface area (Å²) in [7, 11) is 0. The van der Waals surface area contributed by atoms with Gasteiger partial charge in [-0.15, -0.1) is 5.10 Å². The molecule has 0 radical (unpaired) electrons. The van der Waals surface area contributed by atoms with Gasteiger partial charge in [-0.2, -0.15) is 0 Å². The Morgan fingerprint density at radius 1 is 1.40 bits per heavy atom. The molecule has 1 fully saturated rings. The Labute approximate surface area is 120 Å². The van der Waals surface area contributed by atoms with Crippen LogP contribution in [0.4, 0.5) is 6.01 Å². The summed E-state index contributed by atoms with van der Waals surface area (Å²) in [6.45, 7) is 10.9. The predicted octanol–water partition coefficient (Wildman–Crippen LogP) is 2.13. The van der Waals surface area contributed by atoms with Gasteiger partial charge in [0.1, 0.15) is 0 Å². The first-order chi connectivity index (χ1) is 9.65. The summed E-state index contributed by atoms with van der Waals surface area (Å²) in [5.41, 5.74) is 0. The molecule has 20 heavy (non-hydrogen) atoms. The molecule has 114 valence electrons. The molecule has 1 aliphatic rings. The van der Waals surface area contributed by atoms with Gasteiger partial charge in [0, 0.05) is 6.54 Å². The molecule has 1 saturated heterocycles. The molecule has 0 amide bonds. The monoisotopic (exact) mass is 282 g/mol. The molecule has 0 bridgehead atoms.